The van der Waals surface area contributed by atoms with Gasteiger partial charge in [0.15, 0.2) is 0 Å². The van der Waals surface area contributed by atoms with Crippen LogP contribution in [0, 0.1) is 40.7 Å². The quantitative estimate of drug-likeness (QED) is 0.0271. The van der Waals surface area contributed by atoms with Crippen molar-refractivity contribution in [1.82, 2.24) is 31.2 Å². The number of benzene rings is 4. The predicted molar refractivity (Wildman–Crippen MR) is 327 cm³/mol. The number of thiazole rings is 1. The van der Waals surface area contributed by atoms with Crippen molar-refractivity contribution in [3.63, 3.8) is 0 Å². The van der Waals surface area contributed by atoms with Crippen molar-refractivity contribution in [3.05, 3.63) is 134 Å². The molecular formula is C63H76Cl2F2N8O11S. The average Bonchev–Trinajstić information content (AvgIpc) is 1.60. The molecule has 468 valence electrons. The summed E-state index contributed by atoms with van der Waals surface area (Å²) in [7, 11) is 1.36. The predicted octanol–water partition coefficient (Wildman–Crippen LogP) is 8.28. The lowest BCUT2D eigenvalue weighted by molar-refractivity contribution is -0.144. The molecule has 0 spiro atoms. The number of carbonyl (C=O) groups is 5. The molecular weight excluding hydrogens is 1190 g/mol. The summed E-state index contributed by atoms with van der Waals surface area (Å²) < 4.78 is 60.1. The van der Waals surface area contributed by atoms with Crippen LogP contribution in [0.5, 0.6) is 5.75 Å². The van der Waals surface area contributed by atoms with E-state index in [-0.39, 0.29) is 124 Å². The van der Waals surface area contributed by atoms with E-state index in [0.717, 1.165) is 27.8 Å². The molecule has 0 aliphatic carbocycles. The SMILES string of the molecule is COc1cc(C(=O)NCCOCCOCCOCCOCC(=O)N[C@H](C(=O)N2C[C@H](O)C[C@H]2C(=O)NCc2ccc(-c3scnc3C)cc2)C(C)(C)C)ccc1NC(=O)[C@H]1N[C@H](CC(C)(C)C)[C@@](C#N)(c2ccc(Cl)cc2F)[C@@H]1c1cccc(Cl)c1F. The maximum Gasteiger partial charge on any atom is 0.251 e. The normalized spacial score (nSPS) is 19.7. The van der Waals surface area contributed by atoms with Gasteiger partial charge in [-0.2, -0.15) is 5.26 Å². The zero-order chi connectivity index (χ0) is 63.2. The number of anilines is 1. The van der Waals surface area contributed by atoms with Crippen molar-refractivity contribution in [2.24, 2.45) is 10.8 Å². The van der Waals surface area contributed by atoms with Crippen molar-refractivity contribution < 1.29 is 61.5 Å². The molecule has 7 rings (SSSR count). The van der Waals surface area contributed by atoms with E-state index in [1.807, 2.05) is 52.0 Å². The standard InChI is InChI=1S/C63H76Cl2F2N8O11S/c1-37-55(87-36-71-37)39-14-12-38(13-15-39)32-70-58(79)48-30-42(76)33-75(48)60(81)56(62(5,6)7)74-51(77)34-86-27-26-85-25-24-84-23-22-83-21-20-69-57(78)40-16-19-47(49(28-40)82-8)72-59(80)54-52(43-10-9-11-45(65)53(43)67)63(35-68,50(73-54)31-61(2,3)4)44-18-17-41(64)29-46(44)66/h9-19,28-29,36,42,48,50,52,54,56,73,76H,20-27,30-34H2,1-8H3,(H,69,78)(H,70,79)(H,72,80)(H,74,77)/t42-,48+,50-,52-,54+,56-,63-/m1/s1. The minimum Gasteiger partial charge on any atom is -0.495 e. The molecule has 2 fully saturated rings. The average molecular weight is 1260 g/mol. The minimum absolute atomic E-state index is 0.0514. The molecule has 4 aromatic carbocycles. The Bertz CT molecular complexity index is 3270. The van der Waals surface area contributed by atoms with Crippen LogP contribution in [0.3, 0.4) is 0 Å². The van der Waals surface area contributed by atoms with Crippen LogP contribution in [-0.4, -0.2) is 148 Å². The Labute approximate surface area is 520 Å². The van der Waals surface area contributed by atoms with Crippen LogP contribution in [0.15, 0.2) is 84.4 Å². The highest BCUT2D eigenvalue weighted by Gasteiger charge is 2.61. The van der Waals surface area contributed by atoms with Gasteiger partial charge in [-0.05, 0) is 77.3 Å². The fraction of sp³-hybridized carbons (Fsp3) is 0.476. The molecule has 6 N–H and O–H groups in total. The number of likely N-dealkylation sites (tertiary alicyclic amines) is 1. The monoisotopic (exact) mass is 1260 g/mol. The molecule has 87 heavy (non-hydrogen) atoms. The van der Waals surface area contributed by atoms with Gasteiger partial charge in [0, 0.05) is 54.2 Å². The largest absolute Gasteiger partial charge is 0.495 e. The summed E-state index contributed by atoms with van der Waals surface area (Å²) in [6, 6.07) is 18.6. The zero-order valence-electron chi connectivity index (χ0n) is 50.0. The number of amides is 5. The van der Waals surface area contributed by atoms with Crippen LogP contribution in [0.1, 0.15) is 93.0 Å². The van der Waals surface area contributed by atoms with Crippen LogP contribution in [0.25, 0.3) is 10.4 Å². The molecule has 2 saturated heterocycles. The van der Waals surface area contributed by atoms with Gasteiger partial charge in [-0.3, -0.25) is 24.0 Å². The highest BCUT2D eigenvalue weighted by Crippen LogP contribution is 2.53. The second-order valence-electron chi connectivity index (χ2n) is 23.7. The zero-order valence-corrected chi connectivity index (χ0v) is 52.4. The van der Waals surface area contributed by atoms with Gasteiger partial charge >= 0.3 is 0 Å². The molecule has 5 aromatic rings. The van der Waals surface area contributed by atoms with E-state index in [1.54, 1.807) is 37.6 Å². The summed E-state index contributed by atoms with van der Waals surface area (Å²) >= 11 is 14.0. The highest BCUT2D eigenvalue weighted by atomic mass is 35.5. The smallest absolute Gasteiger partial charge is 0.251 e. The van der Waals surface area contributed by atoms with Crippen LogP contribution < -0.4 is 31.3 Å². The molecule has 1 aromatic heterocycles. The van der Waals surface area contributed by atoms with Crippen molar-refractivity contribution in [1.29, 1.82) is 5.26 Å². The van der Waals surface area contributed by atoms with Gasteiger partial charge in [0.25, 0.3) is 5.91 Å². The fourth-order valence-corrected chi connectivity index (χ4v) is 12.0. The van der Waals surface area contributed by atoms with E-state index in [2.05, 4.69) is 37.6 Å². The number of β-amino-alcohol motifs (C(OH)–C–C–N with tert-alkyl or cyclic N) is 1. The van der Waals surface area contributed by atoms with Crippen molar-refractivity contribution in [2.45, 2.75) is 109 Å². The van der Waals surface area contributed by atoms with Crippen molar-refractivity contribution >= 4 is 69.8 Å². The Kier molecular flexibility index (Phi) is 23.8. The number of hydrogen-bond acceptors (Lipinski definition) is 15. The number of hydrogen-bond donors (Lipinski definition) is 6. The van der Waals surface area contributed by atoms with Gasteiger partial charge in [-0.25, -0.2) is 13.8 Å². The Morgan fingerprint density at radius 2 is 1.56 bits per heavy atom. The fourth-order valence-electron chi connectivity index (χ4n) is 10.8. The molecule has 5 amide bonds. The number of nitriles is 1. The van der Waals surface area contributed by atoms with E-state index >= 15 is 8.78 Å². The number of halogens is 4. The first-order chi connectivity index (χ1) is 41.4. The van der Waals surface area contributed by atoms with Crippen LogP contribution in [-0.2, 0) is 50.1 Å². The Morgan fingerprint density at radius 3 is 2.18 bits per heavy atom. The van der Waals surface area contributed by atoms with Crippen LogP contribution in [0.2, 0.25) is 10.0 Å². The minimum atomic E-state index is -1.83. The second-order valence-corrected chi connectivity index (χ2v) is 25.4. The number of rotatable bonds is 27. The van der Waals surface area contributed by atoms with Crippen LogP contribution in [0.4, 0.5) is 14.5 Å². The number of nitrogens with one attached hydrogen (secondary N) is 5. The van der Waals surface area contributed by atoms with E-state index in [9.17, 15) is 34.3 Å². The van der Waals surface area contributed by atoms with Crippen LogP contribution >= 0.6 is 34.5 Å². The maximum atomic E-state index is 16.2. The van der Waals surface area contributed by atoms with Gasteiger partial charge in [0.2, 0.25) is 23.6 Å². The third kappa shape index (κ3) is 17.4. The number of ether oxygens (including phenoxy) is 5. The molecule has 24 heteroatoms. The lowest BCUT2D eigenvalue weighted by atomic mass is 9.62. The van der Waals surface area contributed by atoms with E-state index < -0.39 is 93.6 Å². The number of aromatic nitrogens is 1. The summed E-state index contributed by atoms with van der Waals surface area (Å²) in [4.78, 5) is 75.0. The molecule has 2 aliphatic rings. The number of methoxy groups -OCH3 is 1. The molecule has 2 aliphatic heterocycles. The summed E-state index contributed by atoms with van der Waals surface area (Å²) in [6.45, 7) is 14.5. The lowest BCUT2D eigenvalue weighted by Gasteiger charge is -2.37. The third-order valence-electron chi connectivity index (χ3n) is 15.0. The Morgan fingerprint density at radius 1 is 0.885 bits per heavy atom. The van der Waals surface area contributed by atoms with E-state index in [1.165, 1.54) is 60.5 Å². The summed E-state index contributed by atoms with van der Waals surface area (Å²) in [5, 5.41) is 36.2. The van der Waals surface area contributed by atoms with Gasteiger partial charge in [0.1, 0.15) is 41.5 Å². The van der Waals surface area contributed by atoms with E-state index in [4.69, 9.17) is 46.9 Å². The molecule has 0 bridgehead atoms. The van der Waals surface area contributed by atoms with Crippen molar-refractivity contribution in [3.8, 4) is 22.3 Å². The molecule has 0 unspecified atom stereocenters. The summed E-state index contributed by atoms with van der Waals surface area (Å²) in [5.41, 5.74) is 1.87. The number of aryl methyl sites for hydroxylation is 1. The van der Waals surface area contributed by atoms with Crippen molar-refractivity contribution in [2.75, 3.05) is 78.4 Å². The first-order valence-electron chi connectivity index (χ1n) is 28.6. The number of aliphatic hydroxyl groups is 1. The van der Waals surface area contributed by atoms with Gasteiger partial charge in [-0.15, -0.1) is 11.3 Å². The Hall–Kier alpha value is -6.65. The maximum absolute atomic E-state index is 16.2. The molecule has 3 heterocycles. The number of nitrogens with zero attached hydrogens (tertiary/aromatic N) is 3. The van der Waals surface area contributed by atoms with Gasteiger partial charge in [-0.1, -0.05) is 107 Å². The highest BCUT2D eigenvalue weighted by molar-refractivity contribution is 7.13. The van der Waals surface area contributed by atoms with E-state index in [0.29, 0.717) is 0 Å². The molecule has 19 nitrogen and oxygen atoms in total. The second kappa shape index (κ2) is 30.5. The third-order valence-corrected chi connectivity index (χ3v) is 16.6. The molecule has 7 atom stereocenters. The summed E-state index contributed by atoms with van der Waals surface area (Å²) in [5.74, 6) is -5.36. The van der Waals surface area contributed by atoms with Gasteiger partial charge in [0.05, 0.1) is 98.4 Å². The first kappa shape index (κ1) is 67.9. The lowest BCUT2D eigenvalue weighted by Crippen LogP contribution is -2.58. The number of aliphatic hydroxyl groups excluding tert-OH is 1. The van der Waals surface area contributed by atoms with Gasteiger partial charge < -0.3 is 60.3 Å². The molecule has 0 saturated carbocycles. The number of carbonyl (C=O) groups excluding carboxylic acids is 5. The topological polar surface area (TPSA) is 252 Å². The molecule has 0 radical (unpaired) electrons. The summed E-state index contributed by atoms with van der Waals surface area (Å²) in [6.07, 6.45) is -0.565. The first-order valence-corrected chi connectivity index (χ1v) is 30.2. The Balaban J connectivity index is 0.795.